The van der Waals surface area contributed by atoms with Gasteiger partial charge in [0, 0.05) is 11.6 Å². The maximum absolute atomic E-state index is 12.2. The molecule has 2 N–H and O–H groups in total. The number of rotatable bonds is 3. The predicted octanol–water partition coefficient (Wildman–Crippen LogP) is 2.86. The van der Waals surface area contributed by atoms with Gasteiger partial charge < -0.3 is 15.4 Å². The minimum atomic E-state index is -0.522. The van der Waals surface area contributed by atoms with Crippen LogP contribution in [0.15, 0.2) is 30.3 Å². The molecule has 1 aromatic carbocycles. The van der Waals surface area contributed by atoms with Crippen molar-refractivity contribution in [3.8, 4) is 0 Å². The fourth-order valence-electron chi connectivity index (χ4n) is 2.61. The zero-order chi connectivity index (χ0) is 16.2. The van der Waals surface area contributed by atoms with Gasteiger partial charge in [0.05, 0.1) is 6.04 Å². The molecule has 5 nitrogen and oxygen atoms in total. The highest BCUT2D eigenvalue weighted by Crippen LogP contribution is 2.20. The van der Waals surface area contributed by atoms with Gasteiger partial charge in [-0.15, -0.1) is 0 Å². The number of carbonyl (C=O) groups excluding carboxylic acids is 2. The van der Waals surface area contributed by atoms with Gasteiger partial charge in [-0.05, 0) is 52.2 Å². The Balaban J connectivity index is 1.91. The number of amides is 2. The molecule has 1 fully saturated rings. The molecule has 0 bridgehead atoms. The Labute approximate surface area is 131 Å². The van der Waals surface area contributed by atoms with Crippen molar-refractivity contribution in [3.05, 3.63) is 35.9 Å². The van der Waals surface area contributed by atoms with Crippen molar-refractivity contribution in [2.45, 2.75) is 57.7 Å². The number of hydrogen-bond donors (Lipinski definition) is 2. The summed E-state index contributed by atoms with van der Waals surface area (Å²) in [6.07, 6.45) is 2.25. The quantitative estimate of drug-likeness (QED) is 0.902. The molecule has 0 aromatic heterocycles. The number of nitrogens with one attached hydrogen (secondary N) is 2. The van der Waals surface area contributed by atoms with Gasteiger partial charge in [-0.1, -0.05) is 18.2 Å². The van der Waals surface area contributed by atoms with E-state index >= 15 is 0 Å². The lowest BCUT2D eigenvalue weighted by molar-refractivity contribution is 0.0495. The Morgan fingerprint density at radius 1 is 1.05 bits per heavy atom. The van der Waals surface area contributed by atoms with Crippen molar-refractivity contribution in [1.82, 2.24) is 10.6 Å². The van der Waals surface area contributed by atoms with E-state index in [1.807, 2.05) is 39.0 Å². The van der Waals surface area contributed by atoms with E-state index in [4.69, 9.17) is 4.74 Å². The summed E-state index contributed by atoms with van der Waals surface area (Å²) < 4.78 is 5.27. The average molecular weight is 304 g/mol. The van der Waals surface area contributed by atoms with E-state index in [2.05, 4.69) is 10.6 Å². The molecule has 0 radical (unpaired) electrons. The van der Waals surface area contributed by atoms with E-state index in [0.717, 1.165) is 19.3 Å². The Kier molecular flexibility index (Phi) is 5.06. The van der Waals surface area contributed by atoms with Crippen LogP contribution in [0.4, 0.5) is 4.79 Å². The summed E-state index contributed by atoms with van der Waals surface area (Å²) in [6.45, 7) is 5.49. The number of ether oxygens (including phenoxy) is 1. The largest absolute Gasteiger partial charge is 0.444 e. The molecule has 2 atom stereocenters. The summed E-state index contributed by atoms with van der Waals surface area (Å²) in [5.74, 6) is -0.108. The molecule has 5 heteroatoms. The van der Waals surface area contributed by atoms with Gasteiger partial charge in [0.15, 0.2) is 0 Å². The van der Waals surface area contributed by atoms with E-state index in [1.54, 1.807) is 12.1 Å². The topological polar surface area (TPSA) is 67.4 Å². The summed E-state index contributed by atoms with van der Waals surface area (Å²) >= 11 is 0. The molecule has 0 spiro atoms. The van der Waals surface area contributed by atoms with E-state index in [1.165, 1.54) is 0 Å². The van der Waals surface area contributed by atoms with Crippen LogP contribution in [0.3, 0.4) is 0 Å². The van der Waals surface area contributed by atoms with E-state index < -0.39 is 11.7 Å². The van der Waals surface area contributed by atoms with Gasteiger partial charge >= 0.3 is 6.09 Å². The molecule has 2 amide bonds. The molecule has 0 unspecified atom stereocenters. The number of hydrogen-bond acceptors (Lipinski definition) is 3. The third kappa shape index (κ3) is 4.76. The van der Waals surface area contributed by atoms with Crippen molar-refractivity contribution in [2.24, 2.45) is 0 Å². The van der Waals surface area contributed by atoms with Gasteiger partial charge in [0.1, 0.15) is 5.60 Å². The zero-order valence-electron chi connectivity index (χ0n) is 13.4. The average Bonchev–Trinajstić information content (AvgIpc) is 2.84. The summed E-state index contributed by atoms with van der Waals surface area (Å²) in [5.41, 5.74) is 0.108. The van der Waals surface area contributed by atoms with Gasteiger partial charge in [-0.2, -0.15) is 0 Å². The van der Waals surface area contributed by atoms with Crippen LogP contribution < -0.4 is 10.6 Å². The smallest absolute Gasteiger partial charge is 0.407 e. The Morgan fingerprint density at radius 2 is 1.64 bits per heavy atom. The highest BCUT2D eigenvalue weighted by atomic mass is 16.6. The van der Waals surface area contributed by atoms with E-state index in [9.17, 15) is 9.59 Å². The van der Waals surface area contributed by atoms with Crippen LogP contribution in [-0.2, 0) is 4.74 Å². The van der Waals surface area contributed by atoms with Crippen LogP contribution in [0.1, 0.15) is 50.4 Å². The second-order valence-corrected chi connectivity index (χ2v) is 6.63. The molecule has 2 rings (SSSR count). The third-order valence-electron chi connectivity index (χ3n) is 3.57. The van der Waals surface area contributed by atoms with Gasteiger partial charge in [-0.25, -0.2) is 4.79 Å². The maximum atomic E-state index is 12.2. The molecule has 22 heavy (non-hydrogen) atoms. The van der Waals surface area contributed by atoms with Crippen LogP contribution >= 0.6 is 0 Å². The summed E-state index contributed by atoms with van der Waals surface area (Å²) in [7, 11) is 0. The van der Waals surface area contributed by atoms with Crippen LogP contribution in [-0.4, -0.2) is 29.7 Å². The van der Waals surface area contributed by atoms with E-state index in [0.29, 0.717) is 5.56 Å². The van der Waals surface area contributed by atoms with Crippen molar-refractivity contribution >= 4 is 12.0 Å². The first-order chi connectivity index (χ1) is 10.3. The third-order valence-corrected chi connectivity index (χ3v) is 3.57. The first kappa shape index (κ1) is 16.3. The highest BCUT2D eigenvalue weighted by Gasteiger charge is 2.31. The fourth-order valence-corrected chi connectivity index (χ4v) is 2.61. The van der Waals surface area contributed by atoms with Gasteiger partial charge in [0.2, 0.25) is 0 Å². The number of carbonyl (C=O) groups is 2. The van der Waals surface area contributed by atoms with Crippen LogP contribution in [0.5, 0.6) is 0 Å². The first-order valence-corrected chi connectivity index (χ1v) is 7.70. The second kappa shape index (κ2) is 6.81. The van der Waals surface area contributed by atoms with Crippen molar-refractivity contribution in [2.75, 3.05) is 0 Å². The van der Waals surface area contributed by atoms with Crippen LogP contribution in [0.2, 0.25) is 0 Å². The molecule has 1 saturated carbocycles. The molecule has 0 heterocycles. The maximum Gasteiger partial charge on any atom is 0.407 e. The van der Waals surface area contributed by atoms with E-state index in [-0.39, 0.29) is 18.0 Å². The number of alkyl carbamates (subject to hydrolysis) is 1. The minimum Gasteiger partial charge on any atom is -0.444 e. The van der Waals surface area contributed by atoms with Gasteiger partial charge in [-0.3, -0.25) is 4.79 Å². The molecule has 120 valence electrons. The highest BCUT2D eigenvalue weighted by molar-refractivity contribution is 5.94. The Morgan fingerprint density at radius 3 is 2.23 bits per heavy atom. The standard InChI is InChI=1S/C17H24N2O3/c1-17(2,3)22-16(21)19-14-11-7-10-13(14)18-15(20)12-8-5-4-6-9-12/h4-6,8-9,13-14H,7,10-11H2,1-3H3,(H,18,20)(H,19,21)/t13-,14+/m1/s1. The Hall–Kier alpha value is -2.04. The summed E-state index contributed by atoms with van der Waals surface area (Å²) in [4.78, 5) is 24.1. The lowest BCUT2D eigenvalue weighted by atomic mass is 10.1. The predicted molar refractivity (Wildman–Crippen MR) is 84.7 cm³/mol. The molecular formula is C17H24N2O3. The van der Waals surface area contributed by atoms with Crippen LogP contribution in [0, 0.1) is 0 Å². The SMILES string of the molecule is CC(C)(C)OC(=O)N[C@H]1CCC[C@H]1NC(=O)c1ccccc1. The molecule has 1 aliphatic carbocycles. The van der Waals surface area contributed by atoms with Crippen molar-refractivity contribution in [1.29, 1.82) is 0 Å². The molecule has 1 aromatic rings. The Bertz CT molecular complexity index is 522. The lowest BCUT2D eigenvalue weighted by Gasteiger charge is -2.25. The first-order valence-electron chi connectivity index (χ1n) is 7.70. The summed E-state index contributed by atoms with van der Waals surface area (Å²) in [5, 5.41) is 5.87. The molecular weight excluding hydrogens is 280 g/mol. The lowest BCUT2D eigenvalue weighted by Crippen LogP contribution is -2.49. The fraction of sp³-hybridized carbons (Fsp3) is 0.529. The molecule has 1 aliphatic rings. The van der Waals surface area contributed by atoms with Crippen LogP contribution in [0.25, 0.3) is 0 Å². The second-order valence-electron chi connectivity index (χ2n) is 6.63. The normalized spacial score (nSPS) is 21.2. The number of benzene rings is 1. The van der Waals surface area contributed by atoms with Gasteiger partial charge in [0.25, 0.3) is 5.91 Å². The van der Waals surface area contributed by atoms with Crippen molar-refractivity contribution in [3.63, 3.8) is 0 Å². The molecule has 0 saturated heterocycles. The van der Waals surface area contributed by atoms with Crippen molar-refractivity contribution < 1.29 is 14.3 Å². The zero-order valence-corrected chi connectivity index (χ0v) is 13.4. The summed E-state index contributed by atoms with van der Waals surface area (Å²) in [6, 6.07) is 8.96. The minimum absolute atomic E-state index is 0.0553. The molecule has 0 aliphatic heterocycles. The monoisotopic (exact) mass is 304 g/mol.